The van der Waals surface area contributed by atoms with Crippen LogP contribution in [0, 0.1) is 0 Å². The molecule has 0 aliphatic heterocycles. The lowest BCUT2D eigenvalue weighted by molar-refractivity contribution is -0.0732. The lowest BCUT2D eigenvalue weighted by Gasteiger charge is -2.09. The molecule has 1 radical (unpaired) electrons. The van der Waals surface area contributed by atoms with Crippen molar-refractivity contribution in [1.29, 1.82) is 0 Å². The van der Waals surface area contributed by atoms with Crippen molar-refractivity contribution in [2.75, 3.05) is 0 Å². The predicted octanol–water partition coefficient (Wildman–Crippen LogP) is 1.94. The van der Waals surface area contributed by atoms with Gasteiger partial charge in [0, 0.05) is 6.42 Å². The van der Waals surface area contributed by atoms with Crippen molar-refractivity contribution in [2.45, 2.75) is 19.6 Å². The molecule has 1 N–H and O–H groups in total. The number of para-hydroxylation sites is 2. The standard InChI is InChI=1S/C9H11O3/c1-2-9(11)12-8-6-4-3-5-7(8)10/h3-6,9-10H,2H2,1H3. The maximum atomic E-state index is 10.9. The summed E-state index contributed by atoms with van der Waals surface area (Å²) in [6.07, 6.45) is -0.716. The van der Waals surface area contributed by atoms with Gasteiger partial charge < -0.3 is 9.84 Å². The molecular weight excluding hydrogens is 156 g/mol. The van der Waals surface area contributed by atoms with Gasteiger partial charge >= 0.3 is 0 Å². The highest BCUT2D eigenvalue weighted by Crippen LogP contribution is 2.25. The summed E-state index contributed by atoms with van der Waals surface area (Å²) in [4.78, 5) is 0. The van der Waals surface area contributed by atoms with Crippen LogP contribution in [0.2, 0.25) is 0 Å². The zero-order chi connectivity index (χ0) is 8.97. The van der Waals surface area contributed by atoms with Gasteiger partial charge in [-0.2, -0.15) is 5.11 Å². The van der Waals surface area contributed by atoms with Crippen molar-refractivity contribution in [3.05, 3.63) is 24.3 Å². The van der Waals surface area contributed by atoms with E-state index in [4.69, 9.17) is 4.74 Å². The molecule has 0 bridgehead atoms. The summed E-state index contributed by atoms with van der Waals surface area (Å²) in [5.41, 5.74) is 0. The molecule has 0 fully saturated rings. The molecule has 1 aromatic carbocycles. The molecule has 3 heteroatoms. The van der Waals surface area contributed by atoms with E-state index in [1.165, 1.54) is 6.07 Å². The minimum absolute atomic E-state index is 0.00630. The van der Waals surface area contributed by atoms with E-state index in [0.717, 1.165) is 0 Å². The third-order valence-electron chi connectivity index (χ3n) is 1.46. The number of rotatable bonds is 3. The zero-order valence-electron chi connectivity index (χ0n) is 6.86. The van der Waals surface area contributed by atoms with Gasteiger partial charge in [0.25, 0.3) is 0 Å². The monoisotopic (exact) mass is 167 g/mol. The van der Waals surface area contributed by atoms with Gasteiger partial charge in [0.05, 0.1) is 0 Å². The van der Waals surface area contributed by atoms with Gasteiger partial charge in [0.1, 0.15) is 0 Å². The fourth-order valence-electron chi connectivity index (χ4n) is 0.782. The first kappa shape index (κ1) is 8.87. The second kappa shape index (κ2) is 3.97. The Balaban J connectivity index is 2.69. The van der Waals surface area contributed by atoms with Gasteiger partial charge in [-0.25, -0.2) is 0 Å². The maximum absolute atomic E-state index is 10.9. The maximum Gasteiger partial charge on any atom is 0.231 e. The largest absolute Gasteiger partial charge is 0.504 e. The fourth-order valence-corrected chi connectivity index (χ4v) is 0.782. The summed E-state index contributed by atoms with van der Waals surface area (Å²) in [7, 11) is 0. The second-order valence-electron chi connectivity index (χ2n) is 2.42. The zero-order valence-corrected chi connectivity index (χ0v) is 6.86. The topological polar surface area (TPSA) is 49.4 Å². The summed E-state index contributed by atoms with van der Waals surface area (Å²) >= 11 is 0. The molecule has 1 rings (SSSR count). The molecule has 0 amide bonds. The quantitative estimate of drug-likeness (QED) is 0.699. The van der Waals surface area contributed by atoms with Crippen molar-refractivity contribution in [1.82, 2.24) is 0 Å². The van der Waals surface area contributed by atoms with Crippen LogP contribution in [0.25, 0.3) is 0 Å². The number of hydrogen-bond acceptors (Lipinski definition) is 2. The average Bonchev–Trinajstić information content (AvgIpc) is 2.09. The lowest BCUT2D eigenvalue weighted by Crippen LogP contribution is -2.11. The van der Waals surface area contributed by atoms with Crippen molar-refractivity contribution >= 4 is 0 Å². The summed E-state index contributed by atoms with van der Waals surface area (Å²) < 4.78 is 4.89. The highest BCUT2D eigenvalue weighted by molar-refractivity contribution is 5.37. The van der Waals surface area contributed by atoms with Gasteiger partial charge in [-0.05, 0) is 12.1 Å². The lowest BCUT2D eigenvalue weighted by atomic mass is 10.3. The normalized spacial score (nSPS) is 12.5. The van der Waals surface area contributed by atoms with E-state index in [0.29, 0.717) is 6.42 Å². The van der Waals surface area contributed by atoms with E-state index >= 15 is 0 Å². The first-order valence-corrected chi connectivity index (χ1v) is 3.84. The highest BCUT2D eigenvalue weighted by Gasteiger charge is 2.06. The van der Waals surface area contributed by atoms with E-state index in [-0.39, 0.29) is 11.5 Å². The molecule has 0 aromatic heterocycles. The Bertz CT molecular complexity index is 247. The molecule has 1 unspecified atom stereocenters. The van der Waals surface area contributed by atoms with Gasteiger partial charge in [0.15, 0.2) is 11.5 Å². The Labute approximate surface area is 71.2 Å². The molecule has 0 heterocycles. The first-order valence-electron chi connectivity index (χ1n) is 3.84. The van der Waals surface area contributed by atoms with E-state index < -0.39 is 6.29 Å². The number of benzene rings is 1. The first-order chi connectivity index (χ1) is 5.74. The van der Waals surface area contributed by atoms with Crippen LogP contribution in [0.5, 0.6) is 11.5 Å². The van der Waals surface area contributed by atoms with Gasteiger partial charge in [-0.3, -0.25) is 0 Å². The van der Waals surface area contributed by atoms with Crippen LogP contribution < -0.4 is 4.74 Å². The Kier molecular flexibility index (Phi) is 2.94. The Morgan fingerprint density at radius 1 is 1.50 bits per heavy atom. The van der Waals surface area contributed by atoms with Crippen LogP contribution in [0.3, 0.4) is 0 Å². The van der Waals surface area contributed by atoms with Crippen LogP contribution in [-0.4, -0.2) is 11.4 Å². The fraction of sp³-hybridized carbons (Fsp3) is 0.333. The Hall–Kier alpha value is -1.22. The third kappa shape index (κ3) is 2.13. The molecular formula is C9H11O3. The van der Waals surface area contributed by atoms with Gasteiger partial charge in [-0.15, -0.1) is 0 Å². The third-order valence-corrected chi connectivity index (χ3v) is 1.46. The van der Waals surface area contributed by atoms with Gasteiger partial charge in [0.2, 0.25) is 6.29 Å². The van der Waals surface area contributed by atoms with E-state index in [1.54, 1.807) is 25.1 Å². The number of ether oxygens (including phenoxy) is 1. The average molecular weight is 167 g/mol. The van der Waals surface area contributed by atoms with Crippen LogP contribution in [0.4, 0.5) is 0 Å². The van der Waals surface area contributed by atoms with Crippen LogP contribution >= 0.6 is 0 Å². The molecule has 65 valence electrons. The minimum atomic E-state index is -1.10. The Morgan fingerprint density at radius 2 is 2.17 bits per heavy atom. The molecule has 12 heavy (non-hydrogen) atoms. The van der Waals surface area contributed by atoms with Crippen molar-refractivity contribution < 1.29 is 14.9 Å². The van der Waals surface area contributed by atoms with Crippen LogP contribution in [0.15, 0.2) is 24.3 Å². The van der Waals surface area contributed by atoms with E-state index in [2.05, 4.69) is 0 Å². The van der Waals surface area contributed by atoms with Crippen molar-refractivity contribution in [2.24, 2.45) is 0 Å². The number of aromatic hydroxyl groups is 1. The van der Waals surface area contributed by atoms with Crippen molar-refractivity contribution in [3.8, 4) is 11.5 Å². The number of phenols is 1. The summed E-state index contributed by atoms with van der Waals surface area (Å²) in [6, 6.07) is 6.43. The number of hydrogen-bond donors (Lipinski definition) is 1. The highest BCUT2D eigenvalue weighted by atomic mass is 16.6. The van der Waals surface area contributed by atoms with Crippen LogP contribution in [-0.2, 0) is 5.11 Å². The molecule has 1 atom stereocenters. The summed E-state index contributed by atoms with van der Waals surface area (Å²) in [5.74, 6) is 0.256. The molecule has 1 aromatic rings. The molecule has 0 spiro atoms. The van der Waals surface area contributed by atoms with Gasteiger partial charge in [-0.1, -0.05) is 19.1 Å². The molecule has 3 nitrogen and oxygen atoms in total. The van der Waals surface area contributed by atoms with E-state index in [9.17, 15) is 10.2 Å². The Morgan fingerprint density at radius 3 is 2.75 bits per heavy atom. The van der Waals surface area contributed by atoms with Crippen molar-refractivity contribution in [3.63, 3.8) is 0 Å². The smallest absolute Gasteiger partial charge is 0.231 e. The molecule has 0 saturated heterocycles. The minimum Gasteiger partial charge on any atom is -0.504 e. The molecule has 0 saturated carbocycles. The summed E-state index contributed by atoms with van der Waals surface area (Å²) in [6.45, 7) is 1.73. The van der Waals surface area contributed by atoms with Crippen LogP contribution in [0.1, 0.15) is 13.3 Å². The SMILES string of the molecule is CCC([O])Oc1ccccc1O. The molecule has 0 aliphatic carbocycles. The summed E-state index contributed by atoms with van der Waals surface area (Å²) in [5, 5.41) is 20.1. The predicted molar refractivity (Wildman–Crippen MR) is 43.5 cm³/mol. The van der Waals surface area contributed by atoms with E-state index in [1.807, 2.05) is 0 Å². The molecule has 0 aliphatic rings. The number of phenolic OH excluding ortho intramolecular Hbond substituents is 1. The second-order valence-corrected chi connectivity index (χ2v) is 2.42.